The number of methoxy groups -OCH3 is 1. The van der Waals surface area contributed by atoms with Crippen molar-refractivity contribution in [2.75, 3.05) is 24.8 Å². The minimum Gasteiger partial charge on any atom is -0.497 e. The first-order chi connectivity index (χ1) is 8.19. The SMILES string of the molecule is COc1ccc(NC2(CO)CCCC2)c(N)c1. The Morgan fingerprint density at radius 1 is 1.41 bits per heavy atom. The van der Waals surface area contributed by atoms with E-state index < -0.39 is 0 Å². The minimum absolute atomic E-state index is 0.151. The molecule has 0 amide bonds. The molecule has 94 valence electrons. The highest BCUT2D eigenvalue weighted by Gasteiger charge is 2.33. The van der Waals surface area contributed by atoms with Crippen molar-refractivity contribution in [3.8, 4) is 5.75 Å². The fraction of sp³-hybridized carbons (Fsp3) is 0.538. The topological polar surface area (TPSA) is 67.5 Å². The summed E-state index contributed by atoms with van der Waals surface area (Å²) >= 11 is 0. The van der Waals surface area contributed by atoms with Gasteiger partial charge in [0.25, 0.3) is 0 Å². The first-order valence-corrected chi connectivity index (χ1v) is 6.02. The highest BCUT2D eigenvalue weighted by Crippen LogP contribution is 2.35. The summed E-state index contributed by atoms with van der Waals surface area (Å²) < 4.78 is 5.11. The van der Waals surface area contributed by atoms with Crippen LogP contribution in [0.4, 0.5) is 11.4 Å². The summed E-state index contributed by atoms with van der Waals surface area (Å²) in [6.45, 7) is 0.151. The van der Waals surface area contributed by atoms with Crippen molar-refractivity contribution in [3.05, 3.63) is 18.2 Å². The van der Waals surface area contributed by atoms with E-state index in [1.807, 2.05) is 12.1 Å². The van der Waals surface area contributed by atoms with E-state index in [1.165, 1.54) is 0 Å². The van der Waals surface area contributed by atoms with Gasteiger partial charge in [0.05, 0.1) is 30.6 Å². The van der Waals surface area contributed by atoms with Gasteiger partial charge in [-0.3, -0.25) is 0 Å². The number of hydrogen-bond acceptors (Lipinski definition) is 4. The van der Waals surface area contributed by atoms with Crippen LogP contribution in [0.3, 0.4) is 0 Å². The molecule has 0 saturated heterocycles. The number of aliphatic hydroxyl groups excluding tert-OH is 1. The minimum atomic E-state index is -0.192. The number of benzene rings is 1. The number of nitrogen functional groups attached to an aromatic ring is 1. The molecule has 4 N–H and O–H groups in total. The van der Waals surface area contributed by atoms with Gasteiger partial charge >= 0.3 is 0 Å². The Labute approximate surface area is 102 Å². The Hall–Kier alpha value is -1.42. The van der Waals surface area contributed by atoms with Gasteiger partial charge in [-0.1, -0.05) is 12.8 Å². The van der Waals surface area contributed by atoms with Gasteiger partial charge in [0.2, 0.25) is 0 Å². The maximum Gasteiger partial charge on any atom is 0.121 e. The first kappa shape index (κ1) is 12.0. The standard InChI is InChI=1S/C13H20N2O2/c1-17-10-4-5-12(11(14)8-10)15-13(9-16)6-2-3-7-13/h4-5,8,15-16H,2-3,6-7,9,14H2,1H3. The molecule has 0 bridgehead atoms. The number of rotatable bonds is 4. The van der Waals surface area contributed by atoms with Crippen molar-refractivity contribution in [2.24, 2.45) is 0 Å². The molecule has 1 fully saturated rings. The van der Waals surface area contributed by atoms with Crippen LogP contribution in [-0.4, -0.2) is 24.4 Å². The third-order valence-electron chi connectivity index (χ3n) is 3.52. The van der Waals surface area contributed by atoms with Crippen molar-refractivity contribution in [3.63, 3.8) is 0 Å². The molecular formula is C13H20N2O2. The molecule has 1 aliphatic rings. The lowest BCUT2D eigenvalue weighted by Gasteiger charge is -2.30. The lowest BCUT2D eigenvalue weighted by Crippen LogP contribution is -2.39. The molecule has 0 unspecified atom stereocenters. The van der Waals surface area contributed by atoms with Crippen LogP contribution < -0.4 is 15.8 Å². The second-order valence-corrected chi connectivity index (χ2v) is 4.72. The zero-order chi connectivity index (χ0) is 12.3. The summed E-state index contributed by atoms with van der Waals surface area (Å²) in [6.07, 6.45) is 4.30. The second kappa shape index (κ2) is 4.84. The molecule has 0 heterocycles. The van der Waals surface area contributed by atoms with Crippen LogP contribution in [0, 0.1) is 0 Å². The van der Waals surface area contributed by atoms with E-state index in [0.29, 0.717) is 5.69 Å². The van der Waals surface area contributed by atoms with E-state index in [4.69, 9.17) is 10.5 Å². The van der Waals surface area contributed by atoms with E-state index >= 15 is 0 Å². The Bertz CT molecular complexity index is 387. The Balaban J connectivity index is 2.17. The van der Waals surface area contributed by atoms with Crippen LogP contribution in [0.15, 0.2) is 18.2 Å². The van der Waals surface area contributed by atoms with Crippen LogP contribution >= 0.6 is 0 Å². The highest BCUT2D eigenvalue weighted by atomic mass is 16.5. The molecular weight excluding hydrogens is 216 g/mol. The normalized spacial score (nSPS) is 18.0. The predicted molar refractivity (Wildman–Crippen MR) is 69.3 cm³/mol. The molecule has 2 rings (SSSR count). The quantitative estimate of drug-likeness (QED) is 0.699. The zero-order valence-corrected chi connectivity index (χ0v) is 10.2. The van der Waals surface area contributed by atoms with Crippen LogP contribution in [-0.2, 0) is 0 Å². The summed E-state index contributed by atoms with van der Waals surface area (Å²) in [4.78, 5) is 0. The summed E-state index contributed by atoms with van der Waals surface area (Å²) in [5.74, 6) is 0.748. The molecule has 1 saturated carbocycles. The Morgan fingerprint density at radius 2 is 2.12 bits per heavy atom. The lowest BCUT2D eigenvalue weighted by molar-refractivity contribution is 0.214. The van der Waals surface area contributed by atoms with Gasteiger partial charge in [-0.05, 0) is 25.0 Å². The van der Waals surface area contributed by atoms with E-state index in [1.54, 1.807) is 13.2 Å². The van der Waals surface area contributed by atoms with Gasteiger partial charge in [-0.2, -0.15) is 0 Å². The van der Waals surface area contributed by atoms with E-state index in [2.05, 4.69) is 5.32 Å². The average Bonchev–Trinajstić information content (AvgIpc) is 2.81. The number of ether oxygens (including phenoxy) is 1. The fourth-order valence-corrected chi connectivity index (χ4v) is 2.44. The highest BCUT2D eigenvalue weighted by molar-refractivity contribution is 5.69. The van der Waals surface area contributed by atoms with Crippen LogP contribution in [0.2, 0.25) is 0 Å². The predicted octanol–water partition coefficient (Wildman–Crippen LogP) is 1.99. The molecule has 1 aliphatic carbocycles. The van der Waals surface area contributed by atoms with Gasteiger partial charge in [0.1, 0.15) is 5.75 Å². The summed E-state index contributed by atoms with van der Waals surface area (Å²) in [7, 11) is 1.62. The average molecular weight is 236 g/mol. The molecule has 17 heavy (non-hydrogen) atoms. The summed E-state index contributed by atoms with van der Waals surface area (Å²) in [5, 5.41) is 12.9. The smallest absolute Gasteiger partial charge is 0.121 e. The second-order valence-electron chi connectivity index (χ2n) is 4.72. The van der Waals surface area contributed by atoms with Gasteiger partial charge in [-0.25, -0.2) is 0 Å². The van der Waals surface area contributed by atoms with Gasteiger partial charge < -0.3 is 20.9 Å². The van der Waals surface area contributed by atoms with Crippen LogP contribution in [0.1, 0.15) is 25.7 Å². The summed E-state index contributed by atoms with van der Waals surface area (Å²) in [5.41, 5.74) is 7.31. The molecule has 0 aromatic heterocycles. The summed E-state index contributed by atoms with van der Waals surface area (Å²) in [6, 6.07) is 5.57. The Kier molecular flexibility index (Phi) is 3.43. The molecule has 0 atom stereocenters. The number of aliphatic hydroxyl groups is 1. The van der Waals surface area contributed by atoms with E-state index in [0.717, 1.165) is 37.1 Å². The van der Waals surface area contributed by atoms with E-state index in [-0.39, 0.29) is 12.1 Å². The van der Waals surface area contributed by atoms with Gasteiger partial charge in [0, 0.05) is 6.07 Å². The van der Waals surface area contributed by atoms with Crippen molar-refractivity contribution in [1.82, 2.24) is 0 Å². The number of nitrogens with one attached hydrogen (secondary N) is 1. The molecule has 0 spiro atoms. The monoisotopic (exact) mass is 236 g/mol. The maximum absolute atomic E-state index is 9.54. The molecule has 0 radical (unpaired) electrons. The molecule has 1 aromatic carbocycles. The molecule has 0 aliphatic heterocycles. The molecule has 4 heteroatoms. The van der Waals surface area contributed by atoms with E-state index in [9.17, 15) is 5.11 Å². The molecule has 1 aromatic rings. The van der Waals surface area contributed by atoms with Crippen LogP contribution in [0.25, 0.3) is 0 Å². The third-order valence-corrected chi connectivity index (χ3v) is 3.52. The van der Waals surface area contributed by atoms with Crippen molar-refractivity contribution in [1.29, 1.82) is 0 Å². The van der Waals surface area contributed by atoms with Crippen LogP contribution in [0.5, 0.6) is 5.75 Å². The number of nitrogens with two attached hydrogens (primary N) is 1. The Morgan fingerprint density at radius 3 is 2.65 bits per heavy atom. The van der Waals surface area contributed by atoms with Crippen molar-refractivity contribution in [2.45, 2.75) is 31.2 Å². The zero-order valence-electron chi connectivity index (χ0n) is 10.2. The first-order valence-electron chi connectivity index (χ1n) is 6.02. The number of hydrogen-bond donors (Lipinski definition) is 3. The third kappa shape index (κ3) is 2.47. The number of anilines is 2. The largest absolute Gasteiger partial charge is 0.497 e. The molecule has 4 nitrogen and oxygen atoms in total. The van der Waals surface area contributed by atoms with Gasteiger partial charge in [0.15, 0.2) is 0 Å². The van der Waals surface area contributed by atoms with Crippen molar-refractivity contribution < 1.29 is 9.84 Å². The maximum atomic E-state index is 9.54. The fourth-order valence-electron chi connectivity index (χ4n) is 2.44. The van der Waals surface area contributed by atoms with Crippen molar-refractivity contribution >= 4 is 11.4 Å². The lowest BCUT2D eigenvalue weighted by atomic mass is 9.98. The van der Waals surface area contributed by atoms with Gasteiger partial charge in [-0.15, -0.1) is 0 Å².